The van der Waals surface area contributed by atoms with Gasteiger partial charge in [-0.3, -0.25) is 4.79 Å². The van der Waals surface area contributed by atoms with E-state index in [4.69, 9.17) is 9.57 Å². The van der Waals surface area contributed by atoms with Crippen LogP contribution in [0, 0.1) is 72.7 Å². The SMILES string of the molecule is CC(=O)O[C@@H]1CC[C@@]2(C)[C@H](CC[C@]3(C)[C@@H]2CC[C@@H]2[C@@H]4[C@H](C(C)C)CC[C@]4(CCO[N+](=O)[O-])CC[C@]23C)C1(C)C. The fraction of sp³-hybridized carbons (Fsp3) is 0.970. The van der Waals surface area contributed by atoms with Crippen LogP contribution in [0.5, 0.6) is 0 Å². The predicted molar refractivity (Wildman–Crippen MR) is 152 cm³/mol. The van der Waals surface area contributed by atoms with Gasteiger partial charge in [-0.1, -0.05) is 48.5 Å². The maximum Gasteiger partial charge on any atom is 0.302 e. The smallest absolute Gasteiger partial charge is 0.302 e. The van der Waals surface area contributed by atoms with Crippen LogP contribution in [0.25, 0.3) is 0 Å². The van der Waals surface area contributed by atoms with Gasteiger partial charge >= 0.3 is 5.97 Å². The number of rotatable bonds is 6. The highest BCUT2D eigenvalue weighted by atomic mass is 16.9. The minimum absolute atomic E-state index is 0.00925. The summed E-state index contributed by atoms with van der Waals surface area (Å²) in [6.07, 6.45) is 12.9. The molecule has 5 saturated carbocycles. The van der Waals surface area contributed by atoms with Gasteiger partial charge in [0, 0.05) is 12.3 Å². The second kappa shape index (κ2) is 9.61. The van der Waals surface area contributed by atoms with Crippen molar-refractivity contribution in [1.29, 1.82) is 0 Å². The second-order valence-electron chi connectivity index (χ2n) is 16.3. The standard InChI is InChI=1S/C33H55NO5/c1-21(2)23-11-16-33(19-20-38-34(36)37)18-17-31(7)24(28(23)33)9-10-26-30(6)14-13-27(39-22(3)35)29(4,5)25(30)12-15-32(26,31)8/h21,23-28H,9-20H2,1-8H3/t23-,24+,25+,26+,27+,28-,30-,31+,32+,33+/m0/s1. The molecule has 0 bridgehead atoms. The Morgan fingerprint density at radius 3 is 2.26 bits per heavy atom. The monoisotopic (exact) mass is 545 g/mol. The van der Waals surface area contributed by atoms with Crippen molar-refractivity contribution in [3.05, 3.63) is 10.1 Å². The summed E-state index contributed by atoms with van der Waals surface area (Å²) >= 11 is 0. The summed E-state index contributed by atoms with van der Waals surface area (Å²) in [5, 5.41) is 10.4. The van der Waals surface area contributed by atoms with Crippen molar-refractivity contribution < 1.29 is 19.5 Å². The molecule has 0 aromatic rings. The van der Waals surface area contributed by atoms with Gasteiger partial charge in [0.15, 0.2) is 0 Å². The van der Waals surface area contributed by atoms with Crippen LogP contribution in [0.4, 0.5) is 0 Å². The number of nitrogens with zero attached hydrogens (tertiary/aromatic N) is 1. The number of esters is 1. The molecule has 5 rings (SSSR count). The third kappa shape index (κ3) is 4.18. The van der Waals surface area contributed by atoms with Gasteiger partial charge in [0.1, 0.15) is 6.10 Å². The van der Waals surface area contributed by atoms with Gasteiger partial charge in [-0.05, 0) is 128 Å². The number of ether oxygens (including phenoxy) is 1. The van der Waals surface area contributed by atoms with E-state index in [0.717, 1.165) is 19.3 Å². The van der Waals surface area contributed by atoms with Crippen LogP contribution in [-0.2, 0) is 14.4 Å². The highest BCUT2D eigenvalue weighted by molar-refractivity contribution is 5.66. The first-order chi connectivity index (χ1) is 18.1. The number of fused-ring (bicyclic) bond motifs is 7. The van der Waals surface area contributed by atoms with Crippen LogP contribution in [0.2, 0.25) is 0 Å². The Labute approximate surface area is 236 Å². The molecule has 6 heteroatoms. The van der Waals surface area contributed by atoms with Crippen molar-refractivity contribution in [3.63, 3.8) is 0 Å². The number of hydrogen-bond donors (Lipinski definition) is 0. The molecule has 0 N–H and O–H groups in total. The zero-order chi connectivity index (χ0) is 28.6. The van der Waals surface area contributed by atoms with Crippen LogP contribution in [0.3, 0.4) is 0 Å². The molecule has 222 valence electrons. The van der Waals surface area contributed by atoms with E-state index in [1.165, 1.54) is 51.4 Å². The molecule has 0 saturated heterocycles. The molecule has 0 heterocycles. The molecule has 10 atom stereocenters. The quantitative estimate of drug-likeness (QED) is 0.191. The molecular formula is C33H55NO5. The summed E-state index contributed by atoms with van der Waals surface area (Å²) in [5.74, 6) is 3.79. The Morgan fingerprint density at radius 1 is 0.897 bits per heavy atom. The van der Waals surface area contributed by atoms with Gasteiger partial charge in [0.25, 0.3) is 5.09 Å². The topological polar surface area (TPSA) is 78.7 Å². The Morgan fingerprint density at radius 2 is 1.62 bits per heavy atom. The van der Waals surface area contributed by atoms with E-state index in [9.17, 15) is 14.9 Å². The zero-order valence-corrected chi connectivity index (χ0v) is 26.0. The Hall–Kier alpha value is -1.33. The molecule has 0 aliphatic heterocycles. The first-order valence-electron chi connectivity index (χ1n) is 16.1. The van der Waals surface area contributed by atoms with Crippen molar-refractivity contribution in [2.24, 2.45) is 62.6 Å². The molecule has 0 aromatic carbocycles. The largest absolute Gasteiger partial charge is 0.462 e. The highest BCUT2D eigenvalue weighted by Crippen LogP contribution is 2.78. The van der Waals surface area contributed by atoms with Gasteiger partial charge in [-0.15, -0.1) is 10.1 Å². The van der Waals surface area contributed by atoms with Crippen molar-refractivity contribution >= 4 is 5.97 Å². The number of hydrogen-bond acceptors (Lipinski definition) is 5. The summed E-state index contributed by atoms with van der Waals surface area (Å²) < 4.78 is 5.92. The molecule has 0 amide bonds. The molecule has 0 spiro atoms. The fourth-order valence-electron chi connectivity index (χ4n) is 12.7. The van der Waals surface area contributed by atoms with E-state index in [2.05, 4.69) is 48.5 Å². The van der Waals surface area contributed by atoms with E-state index < -0.39 is 5.09 Å². The van der Waals surface area contributed by atoms with Crippen LogP contribution in [0.15, 0.2) is 0 Å². The minimum Gasteiger partial charge on any atom is -0.462 e. The van der Waals surface area contributed by atoms with Gasteiger partial charge in [0.2, 0.25) is 0 Å². The summed E-state index contributed by atoms with van der Waals surface area (Å²) in [4.78, 5) is 27.9. The lowest BCUT2D eigenvalue weighted by Gasteiger charge is -2.73. The van der Waals surface area contributed by atoms with Crippen LogP contribution in [0.1, 0.15) is 126 Å². The van der Waals surface area contributed by atoms with Crippen molar-refractivity contribution in [3.8, 4) is 0 Å². The normalized spacial score (nSPS) is 48.3. The average Bonchev–Trinajstić information content (AvgIpc) is 3.21. The third-order valence-electron chi connectivity index (χ3n) is 14.6. The molecule has 0 unspecified atom stereocenters. The molecule has 5 aliphatic carbocycles. The average molecular weight is 546 g/mol. The predicted octanol–water partition coefficient (Wildman–Crippen LogP) is 8.25. The lowest BCUT2D eigenvalue weighted by Crippen LogP contribution is -2.66. The third-order valence-corrected chi connectivity index (χ3v) is 14.6. The van der Waals surface area contributed by atoms with Crippen LogP contribution >= 0.6 is 0 Å². The van der Waals surface area contributed by atoms with Crippen LogP contribution < -0.4 is 0 Å². The van der Waals surface area contributed by atoms with E-state index in [1.807, 2.05) is 0 Å². The van der Waals surface area contributed by atoms with E-state index in [1.54, 1.807) is 6.92 Å². The zero-order valence-electron chi connectivity index (χ0n) is 26.0. The van der Waals surface area contributed by atoms with Crippen molar-refractivity contribution in [1.82, 2.24) is 0 Å². The van der Waals surface area contributed by atoms with Gasteiger partial charge in [0.05, 0.1) is 6.61 Å². The fourth-order valence-corrected chi connectivity index (χ4v) is 12.7. The maximum absolute atomic E-state index is 11.9. The Balaban J connectivity index is 1.47. The van der Waals surface area contributed by atoms with E-state index in [0.29, 0.717) is 40.9 Å². The molecule has 5 aliphatic rings. The maximum atomic E-state index is 11.9. The first kappa shape index (κ1) is 29.2. The number of carbonyl (C=O) groups excluding carboxylic acids is 1. The Bertz CT molecular complexity index is 979. The van der Waals surface area contributed by atoms with Gasteiger partial charge in [-0.25, -0.2) is 0 Å². The van der Waals surface area contributed by atoms with Gasteiger partial charge < -0.3 is 9.57 Å². The Kier molecular flexibility index (Phi) is 7.19. The molecule has 0 aromatic heterocycles. The molecule has 39 heavy (non-hydrogen) atoms. The molecule has 0 radical (unpaired) electrons. The second-order valence-corrected chi connectivity index (χ2v) is 16.3. The van der Waals surface area contributed by atoms with Gasteiger partial charge in [-0.2, -0.15) is 0 Å². The highest BCUT2D eigenvalue weighted by Gasteiger charge is 2.71. The lowest BCUT2D eigenvalue weighted by molar-refractivity contribution is -0.758. The van der Waals surface area contributed by atoms with Crippen molar-refractivity contribution in [2.45, 2.75) is 132 Å². The number of carbonyl (C=O) groups is 1. The summed E-state index contributed by atoms with van der Waals surface area (Å²) in [5.41, 5.74) is 1.03. The molecule has 6 nitrogen and oxygen atoms in total. The lowest BCUT2D eigenvalue weighted by atomic mass is 9.32. The van der Waals surface area contributed by atoms with Crippen molar-refractivity contribution in [2.75, 3.05) is 6.61 Å². The molecular weight excluding hydrogens is 490 g/mol. The minimum atomic E-state index is -0.601. The van der Waals surface area contributed by atoms with E-state index >= 15 is 0 Å². The summed E-state index contributed by atoms with van der Waals surface area (Å²) in [7, 11) is 0. The first-order valence-corrected chi connectivity index (χ1v) is 16.1. The summed E-state index contributed by atoms with van der Waals surface area (Å²) in [6.45, 7) is 19.3. The summed E-state index contributed by atoms with van der Waals surface area (Å²) in [6, 6.07) is 0. The van der Waals surface area contributed by atoms with E-state index in [-0.39, 0.29) is 40.3 Å². The van der Waals surface area contributed by atoms with Crippen LogP contribution in [-0.4, -0.2) is 23.8 Å². The molecule has 5 fully saturated rings.